The number of hydrogen-bond acceptors (Lipinski definition) is 5. The van der Waals surface area contributed by atoms with E-state index < -0.39 is 19.3 Å². The summed E-state index contributed by atoms with van der Waals surface area (Å²) in [7, 11) is -4.21. The topological polar surface area (TPSA) is 65.0 Å². The van der Waals surface area contributed by atoms with Gasteiger partial charge >= 0.3 is 7.82 Å². The fourth-order valence-corrected chi connectivity index (χ4v) is 9.73. The van der Waals surface area contributed by atoms with Gasteiger partial charge in [0, 0.05) is 11.0 Å². The van der Waals surface area contributed by atoms with Crippen LogP contribution in [0.4, 0.5) is 0 Å². The molecule has 0 radical (unpaired) electrons. The zero-order chi connectivity index (χ0) is 43.3. The highest BCUT2D eigenvalue weighted by atomic mass is 31.2. The minimum atomic E-state index is -4.21. The Morgan fingerprint density at radius 1 is 0.737 bits per heavy atom. The number of phenolic OH excluding ortho intramolecular Hbond substituents is 1. The second kappa shape index (κ2) is 16.6. The van der Waals surface area contributed by atoms with E-state index in [1.807, 2.05) is 0 Å². The fourth-order valence-electron chi connectivity index (χ4n) is 8.16. The Balaban J connectivity index is 1.94. The molecule has 0 spiro atoms. The van der Waals surface area contributed by atoms with Crippen LogP contribution in [-0.2, 0) is 35.4 Å². The molecule has 57 heavy (non-hydrogen) atoms. The van der Waals surface area contributed by atoms with E-state index in [2.05, 4.69) is 162 Å². The highest BCUT2D eigenvalue weighted by Gasteiger charge is 2.48. The van der Waals surface area contributed by atoms with E-state index in [9.17, 15) is 5.11 Å². The molecule has 0 amide bonds. The van der Waals surface area contributed by atoms with Gasteiger partial charge in [0.1, 0.15) is 17.6 Å². The average Bonchev–Trinajstić information content (AvgIpc) is 3.11. The fraction of sp³-hybridized carbons (Fsp3) is 0.686. The second-order valence-electron chi connectivity index (χ2n) is 22.0. The number of benzene rings is 1. The highest BCUT2D eigenvalue weighted by molar-refractivity contribution is 7.48. The molecule has 3 aliphatic rings. The lowest BCUT2D eigenvalue weighted by Crippen LogP contribution is -2.35. The van der Waals surface area contributed by atoms with Crippen LogP contribution in [0.5, 0.6) is 5.75 Å². The number of rotatable bonds is 13. The molecule has 0 saturated carbocycles. The number of aryl methyl sites for hydroxylation is 1. The van der Waals surface area contributed by atoms with Crippen molar-refractivity contribution in [3.63, 3.8) is 0 Å². The first kappa shape index (κ1) is 47.3. The molecule has 1 aliphatic heterocycles. The van der Waals surface area contributed by atoms with Crippen LogP contribution in [0.25, 0.3) is 0 Å². The van der Waals surface area contributed by atoms with E-state index in [-0.39, 0.29) is 39.6 Å². The van der Waals surface area contributed by atoms with Crippen molar-refractivity contribution in [2.75, 3.05) is 6.61 Å². The van der Waals surface area contributed by atoms with Gasteiger partial charge in [0.15, 0.2) is 0 Å². The Morgan fingerprint density at radius 3 is 1.75 bits per heavy atom. The maximum absolute atomic E-state index is 15.6. The van der Waals surface area contributed by atoms with Crippen molar-refractivity contribution in [3.8, 4) is 5.75 Å². The Labute approximate surface area is 349 Å². The predicted octanol–water partition coefficient (Wildman–Crippen LogP) is 15.6. The summed E-state index contributed by atoms with van der Waals surface area (Å²) in [6.45, 7) is 42.6. The molecular formula is C51H81O5P. The minimum absolute atomic E-state index is 0.00163. The molecule has 4 rings (SSSR count). The first-order chi connectivity index (χ1) is 26.0. The molecule has 2 aliphatic carbocycles. The number of allylic oxidation sites excluding steroid dienone is 7. The molecule has 3 unspecified atom stereocenters. The Bertz CT molecular complexity index is 1840. The third kappa shape index (κ3) is 10.0. The normalized spacial score (nSPS) is 25.4. The summed E-state index contributed by atoms with van der Waals surface area (Å²) < 4.78 is 36.1. The Kier molecular flexibility index (Phi) is 13.8. The van der Waals surface area contributed by atoms with Crippen molar-refractivity contribution < 1.29 is 23.2 Å². The van der Waals surface area contributed by atoms with E-state index in [1.165, 1.54) is 16.7 Å². The molecule has 1 N–H and O–H groups in total. The Hall–Kier alpha value is -2.33. The quantitative estimate of drug-likeness (QED) is 0.159. The van der Waals surface area contributed by atoms with Crippen molar-refractivity contribution in [1.29, 1.82) is 0 Å². The van der Waals surface area contributed by atoms with Gasteiger partial charge in [0.25, 0.3) is 0 Å². The molecule has 1 aromatic rings. The molecule has 0 saturated heterocycles. The maximum Gasteiger partial charge on any atom is 0.530 e. The molecule has 1 aromatic carbocycles. The van der Waals surface area contributed by atoms with E-state index in [0.717, 1.165) is 65.5 Å². The minimum Gasteiger partial charge on any atom is -0.507 e. The largest absolute Gasteiger partial charge is 0.530 e. The van der Waals surface area contributed by atoms with Crippen molar-refractivity contribution in [1.82, 2.24) is 0 Å². The molecule has 0 aromatic heterocycles. The van der Waals surface area contributed by atoms with Crippen LogP contribution in [0.15, 0.2) is 69.6 Å². The standard InChI is InChI=1S/C51H81O5P/c1-20-48(12,13)35-27-33(5)42-37-30-36(49(14,15)21-2)32-41(50(16,17)22-3)44(37)55-57(53,56-45(38(42)31-35)51(18,19)23-4)54-26-24-25-34-28-39(46(6,7)8)43(52)40(29-34)47(9,10)11/h28-33,44,52H,20-27H2,1-19H3/b42-37-,45-38-. The molecule has 320 valence electrons. The van der Waals surface area contributed by atoms with Crippen LogP contribution in [0, 0.1) is 27.6 Å². The van der Waals surface area contributed by atoms with Crippen LogP contribution in [0.2, 0.25) is 0 Å². The van der Waals surface area contributed by atoms with Gasteiger partial charge in [-0.3, -0.25) is 9.05 Å². The lowest BCUT2D eigenvalue weighted by Gasteiger charge is -2.45. The SMILES string of the molecule is CCC(C)(C)C1=C/C2=C3/C(=C(/C(C)(C)CC)OP(=O)(OCCCc4cc(C(C)(C)C)c(O)c(C(C)(C)C)c4)OC2C(C(C)(C)CC)=C1)C=C(C(C)(C)CC)CC3C. The van der Waals surface area contributed by atoms with Gasteiger partial charge in [-0.25, -0.2) is 4.57 Å². The van der Waals surface area contributed by atoms with Crippen LogP contribution >= 0.6 is 7.82 Å². The summed E-state index contributed by atoms with van der Waals surface area (Å²) in [5.74, 6) is 1.27. The molecule has 0 bridgehead atoms. The molecule has 0 fully saturated rings. The lowest BCUT2D eigenvalue weighted by molar-refractivity contribution is 0.0934. The maximum atomic E-state index is 15.6. The summed E-state index contributed by atoms with van der Waals surface area (Å²) in [5.41, 5.74) is 9.00. The summed E-state index contributed by atoms with van der Waals surface area (Å²) in [4.78, 5) is 0. The first-order valence-electron chi connectivity index (χ1n) is 22.1. The predicted molar refractivity (Wildman–Crippen MR) is 242 cm³/mol. The number of hydrogen-bond donors (Lipinski definition) is 1. The first-order valence-corrected chi connectivity index (χ1v) is 23.6. The Morgan fingerprint density at radius 2 is 1.26 bits per heavy atom. The molecule has 6 heteroatoms. The third-order valence-electron chi connectivity index (χ3n) is 14.0. The van der Waals surface area contributed by atoms with Crippen molar-refractivity contribution >= 4 is 7.82 Å². The number of phosphoric acid groups is 1. The van der Waals surface area contributed by atoms with Gasteiger partial charge < -0.3 is 9.63 Å². The number of phosphoric ester groups is 1. The van der Waals surface area contributed by atoms with E-state index in [1.54, 1.807) is 0 Å². The van der Waals surface area contributed by atoms with Gasteiger partial charge in [-0.2, -0.15) is 0 Å². The summed E-state index contributed by atoms with van der Waals surface area (Å²) in [6.07, 6.45) is 12.5. The second-order valence-corrected chi connectivity index (χ2v) is 23.6. The number of phenols is 1. The van der Waals surface area contributed by atoms with Crippen LogP contribution in [0.1, 0.15) is 187 Å². The van der Waals surface area contributed by atoms with E-state index in [4.69, 9.17) is 13.6 Å². The van der Waals surface area contributed by atoms with Crippen molar-refractivity contribution in [3.05, 3.63) is 86.2 Å². The van der Waals surface area contributed by atoms with Crippen molar-refractivity contribution in [2.45, 2.75) is 193 Å². The van der Waals surface area contributed by atoms with Crippen molar-refractivity contribution in [2.24, 2.45) is 27.6 Å². The summed E-state index contributed by atoms with van der Waals surface area (Å²) in [6, 6.07) is 4.25. The van der Waals surface area contributed by atoms with Gasteiger partial charge in [0.2, 0.25) is 0 Å². The van der Waals surface area contributed by atoms with Gasteiger partial charge in [-0.1, -0.05) is 167 Å². The molecule has 5 nitrogen and oxygen atoms in total. The zero-order valence-corrected chi connectivity index (χ0v) is 40.6. The summed E-state index contributed by atoms with van der Waals surface area (Å²) in [5, 5.41) is 11.3. The lowest BCUT2D eigenvalue weighted by atomic mass is 9.65. The third-order valence-corrected chi connectivity index (χ3v) is 15.4. The van der Waals surface area contributed by atoms with E-state index >= 15 is 4.57 Å². The molecule has 3 atom stereocenters. The van der Waals surface area contributed by atoms with Gasteiger partial charge in [-0.15, -0.1) is 0 Å². The smallest absolute Gasteiger partial charge is 0.507 e. The van der Waals surface area contributed by atoms with Gasteiger partial charge in [-0.05, 0) is 117 Å². The summed E-state index contributed by atoms with van der Waals surface area (Å²) >= 11 is 0. The van der Waals surface area contributed by atoms with Crippen LogP contribution in [0.3, 0.4) is 0 Å². The van der Waals surface area contributed by atoms with E-state index in [0.29, 0.717) is 24.4 Å². The zero-order valence-electron chi connectivity index (χ0n) is 39.7. The van der Waals surface area contributed by atoms with Gasteiger partial charge in [0.05, 0.1) is 6.61 Å². The molecular weight excluding hydrogens is 724 g/mol. The monoisotopic (exact) mass is 805 g/mol. The van der Waals surface area contributed by atoms with Crippen LogP contribution < -0.4 is 0 Å². The average molecular weight is 805 g/mol. The number of fused-ring (bicyclic) bond motifs is 2. The highest BCUT2D eigenvalue weighted by Crippen LogP contribution is 2.62. The van der Waals surface area contributed by atoms with Crippen LogP contribution in [-0.4, -0.2) is 17.8 Å². The number of aromatic hydroxyl groups is 1. The molecule has 1 heterocycles.